The van der Waals surface area contributed by atoms with Crippen molar-refractivity contribution >= 4 is 90.7 Å². The summed E-state index contributed by atoms with van der Waals surface area (Å²) in [6.45, 7) is 10.8. The second-order valence-corrected chi connectivity index (χ2v) is 27.2. The number of imide groups is 2. The van der Waals surface area contributed by atoms with E-state index in [1.165, 1.54) is 47.2 Å². The number of nitrogens with two attached hydrogens (primary N) is 1. The third kappa shape index (κ3) is 12.9. The van der Waals surface area contributed by atoms with E-state index in [4.69, 9.17) is 22.1 Å². The molecule has 6 N–H and O–H groups in total. The molecule has 2 aliphatic carbocycles. The van der Waals surface area contributed by atoms with Crippen molar-refractivity contribution in [1.82, 2.24) is 39.6 Å². The molecule has 3 saturated heterocycles. The van der Waals surface area contributed by atoms with Gasteiger partial charge in [0.05, 0.1) is 32.7 Å². The van der Waals surface area contributed by atoms with Gasteiger partial charge in [-0.05, 0) is 134 Å². The maximum atomic E-state index is 14.2. The minimum Gasteiger partial charge on any atom is -0.455 e. The Kier molecular flexibility index (Phi) is 17.4. The van der Waals surface area contributed by atoms with E-state index in [1.54, 1.807) is 41.4 Å². The van der Waals surface area contributed by atoms with Gasteiger partial charge in [0.1, 0.15) is 34.9 Å². The molecule has 4 fully saturated rings. The summed E-state index contributed by atoms with van der Waals surface area (Å²) >= 11 is 6.27. The lowest BCUT2D eigenvalue weighted by Gasteiger charge is -2.42. The topological polar surface area (TPSA) is 296 Å². The Hall–Kier alpha value is -8.55. The van der Waals surface area contributed by atoms with E-state index >= 15 is 0 Å². The van der Waals surface area contributed by atoms with Gasteiger partial charge in [-0.15, -0.1) is 0 Å². The van der Waals surface area contributed by atoms with Crippen LogP contribution < -0.4 is 30.7 Å². The predicted molar refractivity (Wildman–Crippen MR) is 337 cm³/mol. The van der Waals surface area contributed by atoms with Crippen molar-refractivity contribution in [2.24, 2.45) is 17.1 Å². The first-order chi connectivity index (χ1) is 43.2. The molecule has 6 aromatic rings. The normalized spacial score (nSPS) is 21.3. The van der Waals surface area contributed by atoms with Crippen LogP contribution in [0.25, 0.3) is 16.6 Å². The molecule has 90 heavy (non-hydrogen) atoms. The number of sulfonamides is 1. The predicted octanol–water partition coefficient (Wildman–Crippen LogP) is 8.04. The highest BCUT2D eigenvalue weighted by Gasteiger charge is 2.47. The van der Waals surface area contributed by atoms with Gasteiger partial charge in [0.25, 0.3) is 33.4 Å². The molecule has 0 radical (unpaired) electrons. The number of nitro benzene ring substituents is 1. The number of piperidine rings is 1. The quantitative estimate of drug-likeness (QED) is 0.0328. The second-order valence-electron chi connectivity index (χ2n) is 25.0. The zero-order valence-electron chi connectivity index (χ0n) is 50.0. The van der Waals surface area contributed by atoms with E-state index in [0.29, 0.717) is 62.2 Å². The first-order valence-corrected chi connectivity index (χ1v) is 32.4. The molecule has 2 unspecified atom stereocenters. The number of ether oxygens (including phenoxy) is 1. The van der Waals surface area contributed by atoms with Crippen molar-refractivity contribution in [3.8, 4) is 11.5 Å². The largest absolute Gasteiger partial charge is 0.455 e. The summed E-state index contributed by atoms with van der Waals surface area (Å²) in [6.07, 6.45) is 9.64. The summed E-state index contributed by atoms with van der Waals surface area (Å²) in [4.78, 5) is 108. The number of carbonyl (C=O) groups is 6. The van der Waals surface area contributed by atoms with Gasteiger partial charge in [0.15, 0.2) is 0 Å². The number of H-pyrrole nitrogens is 1. The average molecular weight is 1260 g/mol. The SMILES string of the molecule is CC1(C)CCC(CN2CCN(c3ccc(C(=O)NS(=O)(=O)c4ccc(NCC5CCC(N6CCN(C(=O)C(N)c7cccc8c7C(=O)N(C7CCC(=O)NC7=O)C8=O)CC6)CC5)c([N+](=O)[O-])c4)c(Oc4cnc5[nH]ccc5c4)c3)CC2)=C(c2ccc(Cl)cc2)C1. The maximum absolute atomic E-state index is 14.2. The van der Waals surface area contributed by atoms with Crippen LogP contribution in [-0.2, 0) is 24.4 Å². The first kappa shape index (κ1) is 61.7. The van der Waals surface area contributed by atoms with Gasteiger partial charge < -0.3 is 30.6 Å². The molecule has 6 aliphatic rings. The molecule has 2 aromatic heterocycles. The van der Waals surface area contributed by atoms with E-state index in [-0.39, 0.29) is 63.9 Å². The van der Waals surface area contributed by atoms with Crippen molar-refractivity contribution in [3.63, 3.8) is 0 Å². The summed E-state index contributed by atoms with van der Waals surface area (Å²) in [5.74, 6) is -3.47. The van der Waals surface area contributed by atoms with Gasteiger partial charge in [-0.1, -0.05) is 55.3 Å². The molecule has 23 nitrogen and oxygen atoms in total. The highest BCUT2D eigenvalue weighted by molar-refractivity contribution is 7.90. The third-order valence-corrected chi connectivity index (χ3v) is 20.3. The van der Waals surface area contributed by atoms with Gasteiger partial charge in [-0.2, -0.15) is 0 Å². The van der Waals surface area contributed by atoms with E-state index in [2.05, 4.69) is 66.0 Å². The summed E-state index contributed by atoms with van der Waals surface area (Å²) in [5, 5.41) is 19.4. The van der Waals surface area contributed by atoms with Crippen LogP contribution in [0.1, 0.15) is 120 Å². The van der Waals surface area contributed by atoms with Gasteiger partial charge in [-0.3, -0.25) is 58.9 Å². The lowest BCUT2D eigenvalue weighted by atomic mass is 9.72. The molecular weight excluding hydrogens is 1190 g/mol. The Bertz CT molecular complexity index is 4000. The molecule has 6 heterocycles. The van der Waals surface area contributed by atoms with Crippen LogP contribution in [-0.4, -0.2) is 156 Å². The van der Waals surface area contributed by atoms with Gasteiger partial charge in [0, 0.05) is 112 Å². The number of allylic oxidation sites excluding steroid dienone is 1. The molecule has 0 spiro atoms. The second kappa shape index (κ2) is 25.4. The van der Waals surface area contributed by atoms with Crippen LogP contribution in [0.15, 0.2) is 114 Å². The standard InChI is InChI=1S/C65H71ClN12O11S/c1-65(2)22-20-42(51(35-65)40-8-10-43(66)11-9-40)38-73-24-26-75(27-25-73)45-14-16-48(55(33-45)89-46-32-41-21-23-68-59(41)70-37-46)60(80)72-90(87,88)47-15-17-52(54(34-47)78(85)86)69-36-39-6-12-44(13-7-39)74-28-30-76(31-29-74)64(84)58(67)49-4-3-5-50-57(49)63(83)77(62(50)82)53-18-19-56(79)71-61(53)81/h3-5,8-11,14-17,21,23,32-34,37,39,44,53,58,69H,6-7,12-13,18-20,22,24-31,35-36,38,67H2,1-2H3,(H,68,70)(H,72,80)(H,71,79,81). The Morgan fingerprint density at radius 3 is 2.37 bits per heavy atom. The lowest BCUT2D eigenvalue weighted by molar-refractivity contribution is -0.384. The highest BCUT2D eigenvalue weighted by atomic mass is 35.5. The zero-order valence-corrected chi connectivity index (χ0v) is 51.6. The molecule has 12 rings (SSSR count). The molecule has 4 aromatic carbocycles. The number of rotatable bonds is 17. The lowest BCUT2D eigenvalue weighted by Crippen LogP contribution is -2.54. The van der Waals surface area contributed by atoms with Gasteiger partial charge >= 0.3 is 0 Å². The molecule has 25 heteroatoms. The summed E-state index contributed by atoms with van der Waals surface area (Å²) in [7, 11) is -4.67. The number of piperazine rings is 2. The first-order valence-electron chi connectivity index (χ1n) is 30.6. The summed E-state index contributed by atoms with van der Waals surface area (Å²) in [6, 6.07) is 22.6. The number of nitro groups is 1. The number of fused-ring (bicyclic) bond motifs is 2. The molecule has 2 atom stereocenters. The number of anilines is 2. The Morgan fingerprint density at radius 2 is 1.63 bits per heavy atom. The van der Waals surface area contributed by atoms with Crippen LogP contribution in [0.4, 0.5) is 17.1 Å². The van der Waals surface area contributed by atoms with Crippen molar-refractivity contribution in [1.29, 1.82) is 0 Å². The van der Waals surface area contributed by atoms with E-state index in [0.717, 1.165) is 86.6 Å². The molecule has 4 aliphatic heterocycles. The number of hydrogen-bond acceptors (Lipinski definition) is 17. The molecule has 0 bridgehead atoms. The Labute approximate surface area is 525 Å². The number of aromatic nitrogens is 2. The summed E-state index contributed by atoms with van der Waals surface area (Å²) in [5.41, 5.74) is 12.0. The fourth-order valence-corrected chi connectivity index (χ4v) is 14.7. The van der Waals surface area contributed by atoms with Crippen LogP contribution in [0.3, 0.4) is 0 Å². The van der Waals surface area contributed by atoms with Crippen molar-refractivity contribution < 1.29 is 46.8 Å². The monoisotopic (exact) mass is 1260 g/mol. The number of nitrogens with one attached hydrogen (secondary N) is 4. The zero-order chi connectivity index (χ0) is 63.2. The molecule has 1 saturated carbocycles. The minimum atomic E-state index is -4.67. The van der Waals surface area contributed by atoms with Crippen molar-refractivity contribution in [2.75, 3.05) is 75.7 Å². The third-order valence-electron chi connectivity index (χ3n) is 18.7. The average Bonchev–Trinajstić information content (AvgIpc) is 1.58. The van der Waals surface area contributed by atoms with Crippen molar-refractivity contribution in [3.05, 3.63) is 152 Å². The number of pyridine rings is 1. The number of amides is 6. The number of halogens is 1. The number of carbonyl (C=O) groups excluding carboxylic acids is 6. The van der Waals surface area contributed by atoms with Crippen molar-refractivity contribution in [2.45, 2.75) is 94.7 Å². The fraction of sp³-hybridized carbons (Fsp3) is 0.400. The van der Waals surface area contributed by atoms with Crippen LogP contribution in [0.5, 0.6) is 11.5 Å². The number of nitrogens with zero attached hydrogens (tertiary/aromatic N) is 7. The maximum Gasteiger partial charge on any atom is 0.293 e. The van der Waals surface area contributed by atoms with E-state index in [9.17, 15) is 47.3 Å². The van der Waals surface area contributed by atoms with Gasteiger partial charge in [0.2, 0.25) is 17.7 Å². The molecule has 470 valence electrons. The fourth-order valence-electron chi connectivity index (χ4n) is 13.6. The minimum absolute atomic E-state index is 0.00317. The Morgan fingerprint density at radius 1 is 0.878 bits per heavy atom. The molecular formula is C65H71ClN12O11S. The van der Waals surface area contributed by atoms with Crippen LogP contribution in [0, 0.1) is 21.4 Å². The Balaban J connectivity index is 0.651. The van der Waals surface area contributed by atoms with Gasteiger partial charge in [-0.25, -0.2) is 18.1 Å². The van der Waals surface area contributed by atoms with E-state index in [1.807, 2.05) is 18.2 Å². The van der Waals surface area contributed by atoms with Crippen LogP contribution in [0.2, 0.25) is 5.02 Å². The number of benzene rings is 4. The van der Waals surface area contributed by atoms with Crippen LogP contribution >= 0.6 is 11.6 Å². The van der Waals surface area contributed by atoms with E-state index < -0.39 is 73.1 Å². The number of aromatic amines is 1. The molecule has 6 amide bonds. The highest BCUT2D eigenvalue weighted by Crippen LogP contribution is 2.44. The summed E-state index contributed by atoms with van der Waals surface area (Å²) < 4.78 is 36.6. The smallest absolute Gasteiger partial charge is 0.293 e. The number of hydrogen-bond donors (Lipinski definition) is 5.